The minimum atomic E-state index is -0.461. The first-order valence-corrected chi connectivity index (χ1v) is 7.46. The SMILES string of the molecule is O=C1NC(=S)NC(=O)C1=Cc1ccc2c3c(cccc13)CC2. The summed E-state index contributed by atoms with van der Waals surface area (Å²) in [6.45, 7) is 0. The predicted octanol–water partition coefficient (Wildman–Crippen LogP) is 1.85. The summed E-state index contributed by atoms with van der Waals surface area (Å²) in [6, 6.07) is 10.2. The molecular formula is C17H12N2O2S. The topological polar surface area (TPSA) is 58.2 Å². The Labute approximate surface area is 132 Å². The van der Waals surface area contributed by atoms with Crippen LogP contribution in [0.25, 0.3) is 16.8 Å². The Kier molecular flexibility index (Phi) is 2.84. The summed E-state index contributed by atoms with van der Waals surface area (Å²) in [5.41, 5.74) is 3.60. The van der Waals surface area contributed by atoms with Crippen molar-refractivity contribution in [3.8, 4) is 0 Å². The number of aryl methyl sites for hydroxylation is 2. The van der Waals surface area contributed by atoms with E-state index in [1.54, 1.807) is 6.08 Å². The maximum atomic E-state index is 12.0. The van der Waals surface area contributed by atoms with Crippen molar-refractivity contribution in [2.24, 2.45) is 0 Å². The van der Waals surface area contributed by atoms with Gasteiger partial charge < -0.3 is 0 Å². The van der Waals surface area contributed by atoms with E-state index in [4.69, 9.17) is 12.2 Å². The second kappa shape index (κ2) is 4.74. The zero-order valence-electron chi connectivity index (χ0n) is 11.6. The van der Waals surface area contributed by atoms with Crippen molar-refractivity contribution >= 4 is 46.0 Å². The van der Waals surface area contributed by atoms with Crippen LogP contribution in [0.2, 0.25) is 0 Å². The quantitative estimate of drug-likeness (QED) is 0.480. The Hall–Kier alpha value is -2.53. The van der Waals surface area contributed by atoms with Crippen LogP contribution in [-0.2, 0) is 22.4 Å². The van der Waals surface area contributed by atoms with Crippen molar-refractivity contribution in [1.82, 2.24) is 10.6 Å². The van der Waals surface area contributed by atoms with Crippen LogP contribution in [0.4, 0.5) is 0 Å². The highest BCUT2D eigenvalue weighted by Crippen LogP contribution is 2.33. The van der Waals surface area contributed by atoms with Crippen molar-refractivity contribution in [3.63, 3.8) is 0 Å². The van der Waals surface area contributed by atoms with Gasteiger partial charge in [0.05, 0.1) is 0 Å². The molecule has 0 bridgehead atoms. The van der Waals surface area contributed by atoms with E-state index >= 15 is 0 Å². The number of carbonyl (C=O) groups is 2. The summed E-state index contributed by atoms with van der Waals surface area (Å²) in [4.78, 5) is 23.9. The molecule has 2 N–H and O–H groups in total. The number of nitrogens with one attached hydrogen (secondary N) is 2. The Bertz CT molecular complexity index is 867. The largest absolute Gasteiger partial charge is 0.299 e. The Morgan fingerprint density at radius 2 is 1.64 bits per heavy atom. The maximum absolute atomic E-state index is 12.0. The summed E-state index contributed by atoms with van der Waals surface area (Å²) >= 11 is 4.81. The molecule has 1 aliphatic heterocycles. The highest BCUT2D eigenvalue weighted by atomic mass is 32.1. The van der Waals surface area contributed by atoms with Crippen LogP contribution < -0.4 is 10.6 Å². The predicted molar refractivity (Wildman–Crippen MR) is 88.2 cm³/mol. The van der Waals surface area contributed by atoms with E-state index in [9.17, 15) is 9.59 Å². The fourth-order valence-electron chi connectivity index (χ4n) is 3.16. The monoisotopic (exact) mass is 308 g/mol. The first-order chi connectivity index (χ1) is 10.6. The fraction of sp³-hybridized carbons (Fsp3) is 0.118. The maximum Gasteiger partial charge on any atom is 0.263 e. The molecule has 2 amide bonds. The third-order valence-electron chi connectivity index (χ3n) is 4.15. The molecule has 1 fully saturated rings. The standard InChI is InChI=1S/C17H12N2O2S/c20-15-13(16(21)19-17(22)18-15)8-11-7-6-10-5-4-9-2-1-3-12(11)14(9)10/h1-3,6-8H,4-5H2,(H2,18,19,20,21,22). The summed E-state index contributed by atoms with van der Waals surface area (Å²) in [5.74, 6) is -0.922. The number of benzene rings is 2. The van der Waals surface area contributed by atoms with Gasteiger partial charge in [-0.2, -0.15) is 0 Å². The van der Waals surface area contributed by atoms with Gasteiger partial charge in [0.15, 0.2) is 5.11 Å². The molecule has 5 heteroatoms. The fourth-order valence-corrected chi connectivity index (χ4v) is 3.34. The molecule has 1 heterocycles. The van der Waals surface area contributed by atoms with E-state index in [2.05, 4.69) is 22.8 Å². The minimum Gasteiger partial charge on any atom is -0.299 e. The number of amides is 2. The molecule has 4 rings (SSSR count). The zero-order chi connectivity index (χ0) is 15.3. The van der Waals surface area contributed by atoms with Gasteiger partial charge in [0.25, 0.3) is 11.8 Å². The van der Waals surface area contributed by atoms with Crippen molar-refractivity contribution < 1.29 is 9.59 Å². The molecule has 4 nitrogen and oxygen atoms in total. The van der Waals surface area contributed by atoms with Crippen LogP contribution in [0.3, 0.4) is 0 Å². The van der Waals surface area contributed by atoms with Gasteiger partial charge in [0.2, 0.25) is 0 Å². The van der Waals surface area contributed by atoms with Crippen molar-refractivity contribution in [3.05, 3.63) is 52.6 Å². The minimum absolute atomic E-state index is 0.0487. The second-order valence-electron chi connectivity index (χ2n) is 5.45. The first-order valence-electron chi connectivity index (χ1n) is 7.05. The summed E-state index contributed by atoms with van der Waals surface area (Å²) in [6.07, 6.45) is 3.72. The molecule has 108 valence electrons. The van der Waals surface area contributed by atoms with Crippen molar-refractivity contribution in [2.75, 3.05) is 0 Å². The molecule has 0 spiro atoms. The van der Waals surface area contributed by atoms with Gasteiger partial charge >= 0.3 is 0 Å². The lowest BCUT2D eigenvalue weighted by molar-refractivity contribution is -0.123. The molecule has 2 aromatic rings. The van der Waals surface area contributed by atoms with E-state index < -0.39 is 11.8 Å². The third kappa shape index (κ3) is 1.94. The van der Waals surface area contributed by atoms with Gasteiger partial charge in [-0.05, 0) is 58.6 Å². The molecule has 0 saturated carbocycles. The van der Waals surface area contributed by atoms with Gasteiger partial charge in [0, 0.05) is 0 Å². The van der Waals surface area contributed by atoms with Gasteiger partial charge in [0.1, 0.15) is 5.57 Å². The van der Waals surface area contributed by atoms with E-state index in [-0.39, 0.29) is 10.7 Å². The van der Waals surface area contributed by atoms with E-state index in [1.165, 1.54) is 16.5 Å². The van der Waals surface area contributed by atoms with E-state index in [1.807, 2.05) is 18.2 Å². The molecular weight excluding hydrogens is 296 g/mol. The molecule has 2 aromatic carbocycles. The van der Waals surface area contributed by atoms with Crippen molar-refractivity contribution in [1.29, 1.82) is 0 Å². The molecule has 0 aromatic heterocycles. The molecule has 1 aliphatic carbocycles. The highest BCUT2D eigenvalue weighted by Gasteiger charge is 2.26. The molecule has 2 aliphatic rings. The van der Waals surface area contributed by atoms with Crippen LogP contribution in [0.1, 0.15) is 16.7 Å². The second-order valence-corrected chi connectivity index (χ2v) is 5.86. The Morgan fingerprint density at radius 3 is 2.36 bits per heavy atom. The smallest absolute Gasteiger partial charge is 0.263 e. The summed E-state index contributed by atoms with van der Waals surface area (Å²) in [5, 5.41) is 7.29. The molecule has 22 heavy (non-hydrogen) atoms. The lowest BCUT2D eigenvalue weighted by Gasteiger charge is -2.16. The van der Waals surface area contributed by atoms with Crippen molar-refractivity contribution in [2.45, 2.75) is 12.8 Å². The van der Waals surface area contributed by atoms with Gasteiger partial charge in [-0.3, -0.25) is 20.2 Å². The van der Waals surface area contributed by atoms with Crippen LogP contribution >= 0.6 is 12.2 Å². The van der Waals surface area contributed by atoms with Gasteiger partial charge in [-0.25, -0.2) is 0 Å². The van der Waals surface area contributed by atoms with Gasteiger partial charge in [-0.15, -0.1) is 0 Å². The van der Waals surface area contributed by atoms with Crippen LogP contribution in [-0.4, -0.2) is 16.9 Å². The first kappa shape index (κ1) is 13.2. The zero-order valence-corrected chi connectivity index (χ0v) is 12.4. The summed E-state index contributed by atoms with van der Waals surface area (Å²) < 4.78 is 0. The van der Waals surface area contributed by atoms with Gasteiger partial charge in [-0.1, -0.05) is 30.3 Å². The lowest BCUT2D eigenvalue weighted by Crippen LogP contribution is -2.51. The summed E-state index contributed by atoms with van der Waals surface area (Å²) in [7, 11) is 0. The number of rotatable bonds is 1. The lowest BCUT2D eigenvalue weighted by atomic mass is 9.98. The number of hydrogen-bond donors (Lipinski definition) is 2. The number of carbonyl (C=O) groups excluding carboxylic acids is 2. The molecule has 1 saturated heterocycles. The van der Waals surface area contributed by atoms with Crippen LogP contribution in [0, 0.1) is 0 Å². The van der Waals surface area contributed by atoms with Crippen LogP contribution in [0.15, 0.2) is 35.9 Å². The van der Waals surface area contributed by atoms with Crippen LogP contribution in [0.5, 0.6) is 0 Å². The number of thiocarbonyl (C=S) groups is 1. The highest BCUT2D eigenvalue weighted by molar-refractivity contribution is 7.80. The Morgan fingerprint density at radius 1 is 0.955 bits per heavy atom. The van der Waals surface area contributed by atoms with E-state index in [0.717, 1.165) is 23.8 Å². The number of hydrogen-bond acceptors (Lipinski definition) is 3. The normalized spacial score (nSPS) is 16.7. The average Bonchev–Trinajstić information content (AvgIpc) is 2.90. The molecule has 0 radical (unpaired) electrons. The third-order valence-corrected chi connectivity index (χ3v) is 4.36. The van der Waals surface area contributed by atoms with E-state index in [0.29, 0.717) is 0 Å². The molecule has 0 atom stereocenters. The Balaban J connectivity index is 1.89. The molecule has 0 unspecified atom stereocenters. The average molecular weight is 308 g/mol.